The van der Waals surface area contributed by atoms with Gasteiger partial charge in [-0.25, -0.2) is 15.2 Å². The predicted octanol–water partition coefficient (Wildman–Crippen LogP) is 2.81. The number of nitrogens with one attached hydrogen (secondary N) is 1. The van der Waals surface area contributed by atoms with Crippen molar-refractivity contribution in [1.29, 1.82) is 0 Å². The fraction of sp³-hybridized carbons (Fsp3) is 0.500. The van der Waals surface area contributed by atoms with E-state index < -0.39 is 0 Å². The number of ether oxygens (including phenoxy) is 1. The van der Waals surface area contributed by atoms with Crippen molar-refractivity contribution in [1.82, 2.24) is 10.4 Å². The van der Waals surface area contributed by atoms with Crippen LogP contribution in [0.1, 0.15) is 26.3 Å². The summed E-state index contributed by atoms with van der Waals surface area (Å²) in [5.74, 6) is 0.397. The van der Waals surface area contributed by atoms with Gasteiger partial charge in [0, 0.05) is 13.1 Å². The lowest BCUT2D eigenvalue weighted by atomic mass is 10.2. The number of hydrazine groups is 1. The van der Waals surface area contributed by atoms with Gasteiger partial charge in [-0.2, -0.15) is 0 Å². The van der Waals surface area contributed by atoms with Crippen LogP contribution >= 0.6 is 0 Å². The molecule has 0 saturated carbocycles. The lowest BCUT2D eigenvalue weighted by molar-refractivity contribution is 0.0725. The molecule has 4 nitrogen and oxygen atoms in total. The fourth-order valence-corrected chi connectivity index (χ4v) is 1.56. The summed E-state index contributed by atoms with van der Waals surface area (Å²) in [7, 11) is 0. The second-order valence-corrected chi connectivity index (χ2v) is 4.56. The molecule has 0 aliphatic carbocycles. The third-order valence-corrected chi connectivity index (χ3v) is 2.32. The highest BCUT2D eigenvalue weighted by molar-refractivity contribution is 5.67. The molecule has 1 N–H and O–H groups in total. The van der Waals surface area contributed by atoms with E-state index in [-0.39, 0.29) is 6.09 Å². The first-order valence-electron chi connectivity index (χ1n) is 6.35. The smallest absolute Gasteiger partial charge is 0.424 e. The maximum Gasteiger partial charge on any atom is 0.424 e. The molecule has 0 radical (unpaired) electrons. The van der Waals surface area contributed by atoms with Gasteiger partial charge in [0.1, 0.15) is 6.61 Å². The highest BCUT2D eigenvalue weighted by Crippen LogP contribution is 2.04. The van der Waals surface area contributed by atoms with Crippen molar-refractivity contribution in [2.24, 2.45) is 5.92 Å². The van der Waals surface area contributed by atoms with E-state index in [1.165, 1.54) is 5.01 Å². The summed E-state index contributed by atoms with van der Waals surface area (Å²) < 4.78 is 5.27. The van der Waals surface area contributed by atoms with Crippen molar-refractivity contribution >= 4 is 6.09 Å². The third kappa shape index (κ3) is 5.19. The molecule has 0 bridgehead atoms. The number of amides is 1. The van der Waals surface area contributed by atoms with Crippen LogP contribution in [0.2, 0.25) is 0 Å². The Morgan fingerprint density at radius 2 is 2.00 bits per heavy atom. The Hall–Kier alpha value is -1.55. The van der Waals surface area contributed by atoms with Crippen molar-refractivity contribution < 1.29 is 9.53 Å². The molecular weight excluding hydrogens is 228 g/mol. The second-order valence-electron chi connectivity index (χ2n) is 4.56. The van der Waals surface area contributed by atoms with E-state index in [4.69, 9.17) is 4.74 Å². The van der Waals surface area contributed by atoms with Gasteiger partial charge in [-0.3, -0.25) is 0 Å². The molecule has 0 aromatic heterocycles. The number of carbonyl (C=O) groups is 1. The van der Waals surface area contributed by atoms with Crippen LogP contribution in [0.3, 0.4) is 0 Å². The Bertz CT molecular complexity index is 352. The zero-order chi connectivity index (χ0) is 13.4. The minimum atomic E-state index is -0.325. The molecule has 0 spiro atoms. The molecule has 0 fully saturated rings. The zero-order valence-electron chi connectivity index (χ0n) is 11.3. The Balaban J connectivity index is 2.46. The molecule has 1 rings (SSSR count). The highest BCUT2D eigenvalue weighted by Gasteiger charge is 2.15. The number of carbonyl (C=O) groups excluding carboxylic acids is 1. The number of nitrogens with zero attached hydrogens (tertiary/aromatic N) is 1. The van der Waals surface area contributed by atoms with E-state index >= 15 is 0 Å². The molecule has 100 valence electrons. The summed E-state index contributed by atoms with van der Waals surface area (Å²) in [6, 6.07) is 9.67. The first-order chi connectivity index (χ1) is 8.63. The Morgan fingerprint density at radius 3 is 2.56 bits per heavy atom. The predicted molar refractivity (Wildman–Crippen MR) is 71.8 cm³/mol. The molecule has 1 aromatic carbocycles. The molecule has 18 heavy (non-hydrogen) atoms. The summed E-state index contributed by atoms with van der Waals surface area (Å²) in [6.45, 7) is 7.73. The van der Waals surface area contributed by atoms with Crippen molar-refractivity contribution in [3.63, 3.8) is 0 Å². The van der Waals surface area contributed by atoms with Gasteiger partial charge in [0.25, 0.3) is 0 Å². The van der Waals surface area contributed by atoms with Gasteiger partial charge >= 0.3 is 6.09 Å². The normalized spacial score (nSPS) is 10.4. The van der Waals surface area contributed by atoms with Crippen LogP contribution in [0.5, 0.6) is 0 Å². The van der Waals surface area contributed by atoms with E-state index in [2.05, 4.69) is 19.3 Å². The first-order valence-corrected chi connectivity index (χ1v) is 6.35. The van der Waals surface area contributed by atoms with Gasteiger partial charge in [-0.05, 0) is 11.5 Å². The van der Waals surface area contributed by atoms with Gasteiger partial charge in [0.2, 0.25) is 0 Å². The lowest BCUT2D eigenvalue weighted by Gasteiger charge is -2.23. The molecule has 1 amide bonds. The van der Waals surface area contributed by atoms with E-state index in [0.29, 0.717) is 25.6 Å². The number of hydrogen-bond acceptors (Lipinski definition) is 3. The SMILES string of the molecule is CCNN(CC(C)C)C(=O)OCc1ccccc1. The molecule has 0 saturated heterocycles. The quantitative estimate of drug-likeness (QED) is 0.789. The van der Waals surface area contributed by atoms with Gasteiger partial charge in [0.15, 0.2) is 0 Å². The van der Waals surface area contributed by atoms with Gasteiger partial charge < -0.3 is 4.74 Å². The van der Waals surface area contributed by atoms with Crippen LogP contribution in [0.4, 0.5) is 4.79 Å². The number of benzene rings is 1. The van der Waals surface area contributed by atoms with Crippen LogP contribution in [-0.4, -0.2) is 24.2 Å². The second kappa shape index (κ2) is 7.71. The van der Waals surface area contributed by atoms with Crippen LogP contribution in [0, 0.1) is 5.92 Å². The van der Waals surface area contributed by atoms with Crippen molar-refractivity contribution in [3.05, 3.63) is 35.9 Å². The molecule has 4 heteroatoms. The third-order valence-electron chi connectivity index (χ3n) is 2.32. The molecule has 0 unspecified atom stereocenters. The van der Waals surface area contributed by atoms with Gasteiger partial charge in [-0.15, -0.1) is 0 Å². The maximum atomic E-state index is 11.9. The molecule has 0 atom stereocenters. The Labute approximate surface area is 109 Å². The van der Waals surface area contributed by atoms with Crippen LogP contribution < -0.4 is 5.43 Å². The molecule has 0 aliphatic heterocycles. The van der Waals surface area contributed by atoms with E-state index in [1.54, 1.807) is 0 Å². The zero-order valence-corrected chi connectivity index (χ0v) is 11.3. The summed E-state index contributed by atoms with van der Waals surface area (Å²) in [5, 5.41) is 1.54. The fourth-order valence-electron chi connectivity index (χ4n) is 1.56. The molecular formula is C14H22N2O2. The molecule has 1 aromatic rings. The average Bonchev–Trinajstić information content (AvgIpc) is 2.36. The Kier molecular flexibility index (Phi) is 6.22. The summed E-state index contributed by atoms with van der Waals surface area (Å²) in [5.41, 5.74) is 4.00. The first kappa shape index (κ1) is 14.5. The van der Waals surface area contributed by atoms with E-state index in [0.717, 1.165) is 5.56 Å². The number of hydrogen-bond donors (Lipinski definition) is 1. The summed E-state index contributed by atoms with van der Waals surface area (Å²) in [4.78, 5) is 11.9. The summed E-state index contributed by atoms with van der Waals surface area (Å²) in [6.07, 6.45) is -0.325. The Morgan fingerprint density at radius 1 is 1.33 bits per heavy atom. The monoisotopic (exact) mass is 250 g/mol. The minimum Gasteiger partial charge on any atom is -0.444 e. The summed E-state index contributed by atoms with van der Waals surface area (Å²) >= 11 is 0. The van der Waals surface area contributed by atoms with Crippen molar-refractivity contribution in [2.75, 3.05) is 13.1 Å². The molecule has 0 aliphatic rings. The van der Waals surface area contributed by atoms with Gasteiger partial charge in [0.05, 0.1) is 0 Å². The van der Waals surface area contributed by atoms with Crippen molar-refractivity contribution in [3.8, 4) is 0 Å². The van der Waals surface area contributed by atoms with Crippen molar-refractivity contribution in [2.45, 2.75) is 27.4 Å². The van der Waals surface area contributed by atoms with Gasteiger partial charge in [-0.1, -0.05) is 51.1 Å². The van der Waals surface area contributed by atoms with Crippen LogP contribution in [0.15, 0.2) is 30.3 Å². The lowest BCUT2D eigenvalue weighted by Crippen LogP contribution is -2.45. The highest BCUT2D eigenvalue weighted by atomic mass is 16.6. The number of rotatable bonds is 6. The minimum absolute atomic E-state index is 0.305. The largest absolute Gasteiger partial charge is 0.444 e. The van der Waals surface area contributed by atoms with E-state index in [1.807, 2.05) is 37.3 Å². The average molecular weight is 250 g/mol. The maximum absolute atomic E-state index is 11.9. The molecule has 0 heterocycles. The topological polar surface area (TPSA) is 41.6 Å². The van der Waals surface area contributed by atoms with Crippen LogP contribution in [0.25, 0.3) is 0 Å². The van der Waals surface area contributed by atoms with E-state index in [9.17, 15) is 4.79 Å². The van der Waals surface area contributed by atoms with Crippen LogP contribution in [-0.2, 0) is 11.3 Å². The standard InChI is InChI=1S/C14H22N2O2/c1-4-15-16(10-12(2)3)14(17)18-11-13-8-6-5-7-9-13/h5-9,12,15H,4,10-11H2,1-3H3.